The van der Waals surface area contributed by atoms with Gasteiger partial charge in [-0.3, -0.25) is 0 Å². The largest absolute Gasteiger partial charge is 0.262 e. The summed E-state index contributed by atoms with van der Waals surface area (Å²) in [5.74, 6) is 0. The maximum Gasteiger partial charge on any atom is 0.262 e. The molecule has 74 valence electrons. The highest BCUT2D eigenvalue weighted by molar-refractivity contribution is 8.13. The van der Waals surface area contributed by atoms with Gasteiger partial charge in [-0.15, -0.1) is 11.3 Å². The summed E-state index contributed by atoms with van der Waals surface area (Å²) in [5, 5.41) is 1.87. The average molecular weight is 239 g/mol. The minimum atomic E-state index is -3.56. The molecule has 0 saturated heterocycles. The number of halogens is 1. The van der Waals surface area contributed by atoms with Crippen molar-refractivity contribution < 1.29 is 8.42 Å². The predicted molar refractivity (Wildman–Crippen MR) is 56.1 cm³/mol. The average Bonchev–Trinajstić information content (AvgIpc) is 2.31. The molecule has 0 N–H and O–H groups in total. The highest BCUT2D eigenvalue weighted by Gasteiger charge is 2.19. The molecule has 0 unspecified atom stereocenters. The summed E-state index contributed by atoms with van der Waals surface area (Å²) in [4.78, 5) is 1.10. The van der Waals surface area contributed by atoms with Crippen molar-refractivity contribution in [2.24, 2.45) is 0 Å². The van der Waals surface area contributed by atoms with E-state index >= 15 is 0 Å². The highest BCUT2D eigenvalue weighted by atomic mass is 35.7. The van der Waals surface area contributed by atoms with Gasteiger partial charge in [-0.05, 0) is 24.3 Å². The number of rotatable bonds is 3. The molecule has 1 aromatic heterocycles. The summed E-state index contributed by atoms with van der Waals surface area (Å²) in [6.07, 6.45) is 1.70. The third-order valence-corrected chi connectivity index (χ3v) is 4.36. The Kier molecular flexibility index (Phi) is 3.38. The van der Waals surface area contributed by atoms with Gasteiger partial charge in [0.15, 0.2) is 0 Å². The van der Waals surface area contributed by atoms with Crippen molar-refractivity contribution >= 4 is 31.1 Å². The predicted octanol–water partition coefficient (Wildman–Crippen LogP) is 2.94. The summed E-state index contributed by atoms with van der Waals surface area (Å²) in [5.41, 5.74) is 0.847. The van der Waals surface area contributed by atoms with E-state index in [2.05, 4.69) is 0 Å². The molecule has 0 fully saturated rings. The van der Waals surface area contributed by atoms with Gasteiger partial charge in [0.1, 0.15) is 0 Å². The molecule has 1 heterocycles. The lowest BCUT2D eigenvalue weighted by Gasteiger charge is -1.99. The van der Waals surface area contributed by atoms with E-state index < -0.39 is 9.05 Å². The first-order valence-corrected chi connectivity index (χ1v) is 7.17. The van der Waals surface area contributed by atoms with E-state index in [-0.39, 0.29) is 0 Å². The Hall–Kier alpha value is -0.0600. The number of thiophene rings is 1. The molecule has 0 atom stereocenters. The molecule has 0 bridgehead atoms. The van der Waals surface area contributed by atoms with Crippen LogP contribution in [0.3, 0.4) is 0 Å². The number of hydrogen-bond donors (Lipinski definition) is 0. The molecule has 1 rings (SSSR count). The molecular weight excluding hydrogens is 228 g/mol. The molecule has 0 spiro atoms. The van der Waals surface area contributed by atoms with E-state index in [1.54, 1.807) is 6.92 Å². The Morgan fingerprint density at radius 3 is 2.62 bits per heavy atom. The van der Waals surface area contributed by atoms with Crippen LogP contribution in [0.15, 0.2) is 10.3 Å². The van der Waals surface area contributed by atoms with Gasteiger partial charge >= 0.3 is 0 Å². The van der Waals surface area contributed by atoms with Crippen LogP contribution in [0.5, 0.6) is 0 Å². The fraction of sp³-hybridized carbons (Fsp3) is 0.500. The smallest absolute Gasteiger partial charge is 0.207 e. The van der Waals surface area contributed by atoms with Crippen LogP contribution in [0, 0.1) is 6.92 Å². The summed E-state index contributed by atoms with van der Waals surface area (Å²) in [6.45, 7) is 3.79. The molecule has 0 aliphatic heterocycles. The molecule has 1 aromatic rings. The molecule has 0 aromatic carbocycles. The van der Waals surface area contributed by atoms with Crippen LogP contribution in [0.2, 0.25) is 0 Å². The van der Waals surface area contributed by atoms with E-state index in [9.17, 15) is 8.42 Å². The van der Waals surface area contributed by atoms with Crippen LogP contribution in [0.4, 0.5) is 0 Å². The minimum absolute atomic E-state index is 0.320. The van der Waals surface area contributed by atoms with Crippen molar-refractivity contribution in [3.63, 3.8) is 0 Å². The molecule has 0 aliphatic rings. The zero-order chi connectivity index (χ0) is 10.1. The Morgan fingerprint density at radius 2 is 2.15 bits per heavy atom. The normalized spacial score (nSPS) is 11.9. The maximum atomic E-state index is 11.2. The van der Waals surface area contributed by atoms with Crippen LogP contribution in [0.25, 0.3) is 0 Å². The Balaban J connectivity index is 3.25. The second-order valence-corrected chi connectivity index (χ2v) is 6.42. The lowest BCUT2D eigenvalue weighted by atomic mass is 10.2. The van der Waals surface area contributed by atoms with Crippen molar-refractivity contribution in [1.29, 1.82) is 0 Å². The molecular formula is C8H11ClO2S2. The summed E-state index contributed by atoms with van der Waals surface area (Å²) < 4.78 is 22.4. The Bertz CT molecular complexity index is 392. The van der Waals surface area contributed by atoms with Crippen LogP contribution in [-0.4, -0.2) is 8.42 Å². The standard InChI is InChI=1S/C8H11ClO2S2/c1-3-4-7-5-12-6(2)8(7)13(9,10)11/h5H,3-4H2,1-2H3. The Labute approximate surface area is 87.0 Å². The van der Waals surface area contributed by atoms with Gasteiger partial charge in [-0.1, -0.05) is 13.3 Å². The van der Waals surface area contributed by atoms with Crippen LogP contribution < -0.4 is 0 Å². The van der Waals surface area contributed by atoms with Gasteiger partial charge in [-0.25, -0.2) is 8.42 Å². The van der Waals surface area contributed by atoms with Gasteiger partial charge in [0.05, 0.1) is 4.90 Å². The van der Waals surface area contributed by atoms with E-state index in [1.165, 1.54) is 11.3 Å². The second-order valence-electron chi connectivity index (χ2n) is 2.83. The first-order valence-electron chi connectivity index (χ1n) is 3.98. The minimum Gasteiger partial charge on any atom is -0.207 e. The molecule has 2 nitrogen and oxygen atoms in total. The van der Waals surface area contributed by atoms with Crippen LogP contribution in [-0.2, 0) is 15.5 Å². The van der Waals surface area contributed by atoms with Crippen molar-refractivity contribution in [2.75, 3.05) is 0 Å². The molecule has 0 saturated carbocycles. The molecule has 0 amide bonds. The van der Waals surface area contributed by atoms with E-state index in [4.69, 9.17) is 10.7 Å². The van der Waals surface area contributed by atoms with Crippen molar-refractivity contribution in [2.45, 2.75) is 31.6 Å². The molecule has 13 heavy (non-hydrogen) atoms. The first kappa shape index (κ1) is 11.0. The number of aryl methyl sites for hydroxylation is 2. The molecule has 0 aliphatic carbocycles. The van der Waals surface area contributed by atoms with Crippen LogP contribution in [0.1, 0.15) is 23.8 Å². The topological polar surface area (TPSA) is 34.1 Å². The molecule has 0 radical (unpaired) electrons. The summed E-state index contributed by atoms with van der Waals surface area (Å²) in [7, 11) is 1.76. The fourth-order valence-electron chi connectivity index (χ4n) is 1.26. The maximum absolute atomic E-state index is 11.2. The lowest BCUT2D eigenvalue weighted by molar-refractivity contribution is 0.608. The van der Waals surface area contributed by atoms with Gasteiger partial charge in [0.25, 0.3) is 9.05 Å². The third kappa shape index (κ3) is 2.45. The monoisotopic (exact) mass is 238 g/mol. The second kappa shape index (κ2) is 3.98. The fourth-order valence-corrected chi connectivity index (χ4v) is 4.20. The van der Waals surface area contributed by atoms with Crippen molar-refractivity contribution in [3.05, 3.63) is 15.8 Å². The summed E-state index contributed by atoms with van der Waals surface area (Å²) >= 11 is 1.43. The van der Waals surface area contributed by atoms with Crippen LogP contribution >= 0.6 is 22.0 Å². The van der Waals surface area contributed by atoms with Gasteiger partial charge < -0.3 is 0 Å². The zero-order valence-corrected chi connectivity index (χ0v) is 9.89. The quantitative estimate of drug-likeness (QED) is 0.759. The number of hydrogen-bond acceptors (Lipinski definition) is 3. The zero-order valence-electron chi connectivity index (χ0n) is 7.50. The molecule has 5 heteroatoms. The third-order valence-electron chi connectivity index (χ3n) is 1.75. The van der Waals surface area contributed by atoms with E-state index in [1.807, 2.05) is 12.3 Å². The highest BCUT2D eigenvalue weighted by Crippen LogP contribution is 2.30. The first-order chi connectivity index (χ1) is 5.96. The van der Waals surface area contributed by atoms with Crippen molar-refractivity contribution in [1.82, 2.24) is 0 Å². The van der Waals surface area contributed by atoms with Gasteiger partial charge in [-0.2, -0.15) is 0 Å². The van der Waals surface area contributed by atoms with Crippen molar-refractivity contribution in [3.8, 4) is 0 Å². The van der Waals surface area contributed by atoms with E-state index in [0.717, 1.165) is 23.3 Å². The van der Waals surface area contributed by atoms with Gasteiger partial charge in [0.2, 0.25) is 0 Å². The lowest BCUT2D eigenvalue weighted by Crippen LogP contribution is -1.95. The summed E-state index contributed by atoms with van der Waals surface area (Å²) in [6, 6.07) is 0. The van der Waals surface area contributed by atoms with E-state index in [0.29, 0.717) is 4.90 Å². The van der Waals surface area contributed by atoms with Gasteiger partial charge in [0, 0.05) is 15.6 Å². The SMILES string of the molecule is CCCc1csc(C)c1S(=O)(=O)Cl. The Morgan fingerprint density at radius 1 is 1.54 bits per heavy atom.